The zero-order valence-corrected chi connectivity index (χ0v) is 16.4. The van der Waals surface area contributed by atoms with Crippen molar-refractivity contribution in [3.63, 3.8) is 0 Å². The Bertz CT molecular complexity index is 668. The maximum atomic E-state index is 11.6. The first-order valence-corrected chi connectivity index (χ1v) is 9.24. The van der Waals surface area contributed by atoms with Gasteiger partial charge in [-0.3, -0.25) is 9.69 Å². The summed E-state index contributed by atoms with van der Waals surface area (Å²) in [7, 11) is -0.516. The third-order valence-electron chi connectivity index (χ3n) is 5.66. The number of aliphatic carboxylic acids is 1. The summed E-state index contributed by atoms with van der Waals surface area (Å²) in [5.74, 6) is -0.351. The smallest absolute Gasteiger partial charge is 0.480 e. The van der Waals surface area contributed by atoms with Gasteiger partial charge >= 0.3 is 13.1 Å². The monoisotopic (exact) mass is 377 g/mol. The molecule has 0 bridgehead atoms. The number of hydrogen-bond donors (Lipinski definition) is 2. The topological polar surface area (TPSA) is 114 Å². The molecule has 0 saturated carbocycles. The Morgan fingerprint density at radius 2 is 1.85 bits per heavy atom. The minimum atomic E-state index is -0.859. The van der Waals surface area contributed by atoms with Gasteiger partial charge in [0.05, 0.1) is 11.2 Å². The minimum Gasteiger partial charge on any atom is -0.480 e. The highest BCUT2D eigenvalue weighted by Crippen LogP contribution is 2.36. The number of carbonyl (C=O) groups is 1. The van der Waals surface area contributed by atoms with Gasteiger partial charge in [-0.1, -0.05) is 0 Å². The first-order chi connectivity index (χ1) is 12.6. The van der Waals surface area contributed by atoms with Crippen LogP contribution in [0.25, 0.3) is 0 Å². The second-order valence-corrected chi connectivity index (χ2v) is 8.03. The third kappa shape index (κ3) is 3.93. The fourth-order valence-electron chi connectivity index (χ4n) is 3.27. The Balaban J connectivity index is 1.70. The second-order valence-electron chi connectivity index (χ2n) is 8.03. The van der Waals surface area contributed by atoms with E-state index in [-0.39, 0.29) is 0 Å². The Labute approximate surface area is 160 Å². The van der Waals surface area contributed by atoms with E-state index in [0.717, 1.165) is 5.46 Å². The quantitative estimate of drug-likeness (QED) is 0.644. The van der Waals surface area contributed by atoms with Crippen molar-refractivity contribution in [2.24, 2.45) is 5.73 Å². The molecule has 0 spiro atoms. The molecule has 0 aliphatic carbocycles. The second kappa shape index (κ2) is 7.35. The van der Waals surface area contributed by atoms with E-state index in [2.05, 4.69) is 9.97 Å². The van der Waals surface area contributed by atoms with Gasteiger partial charge in [-0.2, -0.15) is 0 Å². The van der Waals surface area contributed by atoms with E-state index < -0.39 is 30.3 Å². The number of nitrogens with zero attached hydrogens (tertiary/aromatic N) is 4. The van der Waals surface area contributed by atoms with E-state index in [0.29, 0.717) is 38.7 Å². The maximum Gasteiger partial charge on any atom is 0.498 e. The Morgan fingerprint density at radius 1 is 1.26 bits per heavy atom. The van der Waals surface area contributed by atoms with Crippen LogP contribution < -0.4 is 16.1 Å². The molecule has 2 saturated heterocycles. The Hall–Kier alpha value is -1.75. The van der Waals surface area contributed by atoms with Crippen molar-refractivity contribution in [1.82, 2.24) is 14.9 Å². The van der Waals surface area contributed by atoms with E-state index in [1.807, 2.05) is 37.5 Å². The molecule has 2 aliphatic rings. The molecule has 1 aromatic rings. The summed E-state index contributed by atoms with van der Waals surface area (Å²) in [6.45, 7) is 10.6. The molecule has 27 heavy (non-hydrogen) atoms. The van der Waals surface area contributed by atoms with Crippen molar-refractivity contribution >= 4 is 24.5 Å². The van der Waals surface area contributed by atoms with Crippen LogP contribution in [0.4, 0.5) is 5.95 Å². The van der Waals surface area contributed by atoms with Crippen molar-refractivity contribution in [2.75, 3.05) is 37.6 Å². The van der Waals surface area contributed by atoms with Gasteiger partial charge in [-0.05, 0) is 27.7 Å². The number of hydrogen-bond acceptors (Lipinski definition) is 8. The van der Waals surface area contributed by atoms with Crippen LogP contribution in [0.3, 0.4) is 0 Å². The average molecular weight is 377 g/mol. The number of aromatic nitrogens is 2. The molecule has 10 heteroatoms. The highest BCUT2D eigenvalue weighted by atomic mass is 16.7. The van der Waals surface area contributed by atoms with E-state index in [4.69, 9.17) is 15.0 Å². The summed E-state index contributed by atoms with van der Waals surface area (Å²) in [5, 5.41) is 9.50. The van der Waals surface area contributed by atoms with Gasteiger partial charge in [-0.15, -0.1) is 0 Å². The SMILES string of the molecule is CC1(C)OB(c2cnc(N3CCN(CCN)[C@@H](C(=O)O)C3)nc2)OC1(C)C. The van der Waals surface area contributed by atoms with Crippen LogP contribution in [0.2, 0.25) is 0 Å². The molecule has 148 valence electrons. The normalized spacial score (nSPS) is 25.0. The molecule has 2 aliphatic heterocycles. The predicted molar refractivity (Wildman–Crippen MR) is 102 cm³/mol. The van der Waals surface area contributed by atoms with Crippen LogP contribution in [0, 0.1) is 0 Å². The van der Waals surface area contributed by atoms with Gasteiger partial charge in [0.1, 0.15) is 6.04 Å². The molecule has 3 N–H and O–H groups in total. The highest BCUT2D eigenvalue weighted by Gasteiger charge is 2.52. The lowest BCUT2D eigenvalue weighted by Gasteiger charge is -2.39. The Kier molecular flexibility index (Phi) is 5.44. The summed E-state index contributed by atoms with van der Waals surface area (Å²) in [6.07, 6.45) is 3.37. The molecule has 0 unspecified atom stereocenters. The molecule has 2 fully saturated rings. The van der Waals surface area contributed by atoms with E-state index in [9.17, 15) is 9.90 Å². The highest BCUT2D eigenvalue weighted by molar-refractivity contribution is 6.61. The molecule has 9 nitrogen and oxygen atoms in total. The van der Waals surface area contributed by atoms with Gasteiger partial charge < -0.3 is 25.0 Å². The zero-order chi connectivity index (χ0) is 19.8. The summed E-state index contributed by atoms with van der Waals surface area (Å²) in [5.41, 5.74) is 5.48. The molecule has 1 aromatic heterocycles. The van der Waals surface area contributed by atoms with Crippen molar-refractivity contribution in [3.05, 3.63) is 12.4 Å². The molecule has 0 radical (unpaired) electrons. The molecule has 0 amide bonds. The average Bonchev–Trinajstić information content (AvgIpc) is 2.83. The predicted octanol–water partition coefficient (Wildman–Crippen LogP) is -0.690. The number of carboxylic acid groups (broad SMARTS) is 1. The minimum absolute atomic E-state index is 0.325. The lowest BCUT2D eigenvalue weighted by molar-refractivity contribution is -0.143. The van der Waals surface area contributed by atoms with Gasteiger partial charge in [0.15, 0.2) is 0 Å². The third-order valence-corrected chi connectivity index (χ3v) is 5.66. The first kappa shape index (κ1) is 20.0. The van der Waals surface area contributed by atoms with Crippen LogP contribution in [-0.2, 0) is 14.1 Å². The standard InChI is InChI=1S/C17H28BN5O4/c1-16(2)17(3,4)27-18(26-16)12-9-20-15(21-10-12)23-8-7-22(6-5-19)13(11-23)14(24)25/h9-10,13H,5-8,11,19H2,1-4H3,(H,24,25)/t13-/m1/s1. The van der Waals surface area contributed by atoms with Crippen molar-refractivity contribution in [1.29, 1.82) is 0 Å². The number of carboxylic acids is 1. The fourth-order valence-corrected chi connectivity index (χ4v) is 3.27. The summed E-state index contributed by atoms with van der Waals surface area (Å²) >= 11 is 0. The van der Waals surface area contributed by atoms with E-state index in [1.165, 1.54) is 0 Å². The van der Waals surface area contributed by atoms with Gasteiger partial charge in [0, 0.05) is 50.6 Å². The molecular formula is C17H28BN5O4. The van der Waals surface area contributed by atoms with E-state index in [1.54, 1.807) is 12.4 Å². The van der Waals surface area contributed by atoms with Crippen LogP contribution in [-0.4, -0.2) is 83.0 Å². The Morgan fingerprint density at radius 3 is 2.37 bits per heavy atom. The van der Waals surface area contributed by atoms with Crippen molar-refractivity contribution in [2.45, 2.75) is 44.9 Å². The van der Waals surface area contributed by atoms with Crippen molar-refractivity contribution in [3.8, 4) is 0 Å². The number of nitrogens with two attached hydrogens (primary N) is 1. The lowest BCUT2D eigenvalue weighted by atomic mass is 9.81. The van der Waals surface area contributed by atoms with E-state index >= 15 is 0 Å². The summed E-state index contributed by atoms with van der Waals surface area (Å²) in [4.78, 5) is 24.2. The number of piperazine rings is 1. The van der Waals surface area contributed by atoms with Gasteiger partial charge in [-0.25, -0.2) is 9.97 Å². The van der Waals surface area contributed by atoms with Crippen LogP contribution in [0.5, 0.6) is 0 Å². The maximum absolute atomic E-state index is 11.6. The van der Waals surface area contributed by atoms with Crippen LogP contribution >= 0.6 is 0 Å². The first-order valence-electron chi connectivity index (χ1n) is 9.24. The summed E-state index contributed by atoms with van der Waals surface area (Å²) < 4.78 is 12.0. The molecular weight excluding hydrogens is 349 g/mol. The van der Waals surface area contributed by atoms with Gasteiger partial charge in [0.2, 0.25) is 5.95 Å². The number of anilines is 1. The zero-order valence-electron chi connectivity index (χ0n) is 16.4. The molecule has 1 atom stereocenters. The van der Waals surface area contributed by atoms with Crippen molar-refractivity contribution < 1.29 is 19.2 Å². The number of rotatable bonds is 5. The fraction of sp³-hybridized carbons (Fsp3) is 0.706. The van der Waals surface area contributed by atoms with Crippen LogP contribution in [0.1, 0.15) is 27.7 Å². The molecule has 0 aromatic carbocycles. The largest absolute Gasteiger partial charge is 0.498 e. The molecule has 3 rings (SSSR count). The van der Waals surface area contributed by atoms with Gasteiger partial charge in [0.25, 0.3) is 0 Å². The lowest BCUT2D eigenvalue weighted by Crippen LogP contribution is -2.57. The van der Waals surface area contributed by atoms with Crippen LogP contribution in [0.15, 0.2) is 12.4 Å². The molecule has 3 heterocycles. The summed E-state index contributed by atoms with van der Waals surface area (Å²) in [6, 6.07) is -0.617.